The molecule has 0 spiro atoms. The summed E-state index contributed by atoms with van der Waals surface area (Å²) in [7, 11) is 0. The fraction of sp³-hybridized carbons (Fsp3) is 0.231. The summed E-state index contributed by atoms with van der Waals surface area (Å²) in [6, 6.07) is 5.45. The second-order valence-corrected chi connectivity index (χ2v) is 4.38. The monoisotopic (exact) mass is 273 g/mol. The number of nitrogens with zero attached hydrogens (tertiary/aromatic N) is 4. The first-order valence-corrected chi connectivity index (χ1v) is 6.13. The van der Waals surface area contributed by atoms with Crippen LogP contribution in [0.2, 0.25) is 5.02 Å². The van der Waals surface area contributed by atoms with Gasteiger partial charge in [0.05, 0.1) is 22.3 Å². The van der Waals surface area contributed by atoms with Gasteiger partial charge in [-0.1, -0.05) is 11.6 Å². The summed E-state index contributed by atoms with van der Waals surface area (Å²) in [5.41, 5.74) is 1.15. The highest BCUT2D eigenvalue weighted by atomic mass is 35.5. The Labute approximate surface area is 116 Å². The van der Waals surface area contributed by atoms with Crippen LogP contribution < -0.4 is 5.32 Å². The summed E-state index contributed by atoms with van der Waals surface area (Å²) in [6.45, 7) is 2.51. The van der Waals surface area contributed by atoms with Crippen LogP contribution in [0.15, 0.2) is 30.7 Å². The summed E-state index contributed by atoms with van der Waals surface area (Å²) in [5, 5.41) is 12.4. The lowest BCUT2D eigenvalue weighted by Gasteiger charge is -2.11. The average Bonchev–Trinajstić information content (AvgIpc) is 2.46. The summed E-state index contributed by atoms with van der Waals surface area (Å²) >= 11 is 5.95. The van der Waals surface area contributed by atoms with E-state index in [-0.39, 0.29) is 6.04 Å². The van der Waals surface area contributed by atoms with Gasteiger partial charge in [0.25, 0.3) is 0 Å². The highest BCUT2D eigenvalue weighted by Crippen LogP contribution is 2.15. The van der Waals surface area contributed by atoms with Crippen LogP contribution in [0.1, 0.15) is 30.0 Å². The molecule has 0 aromatic carbocycles. The molecule has 0 fully saturated rings. The maximum atomic E-state index is 8.77. The van der Waals surface area contributed by atoms with E-state index in [1.807, 2.05) is 13.0 Å². The number of nitrogens with one attached hydrogen (secondary N) is 1. The lowest BCUT2D eigenvalue weighted by molar-refractivity contribution is 0.540. The van der Waals surface area contributed by atoms with Gasteiger partial charge in [0.2, 0.25) is 0 Å². The van der Waals surface area contributed by atoms with Gasteiger partial charge < -0.3 is 5.32 Å². The van der Waals surface area contributed by atoms with E-state index in [4.69, 9.17) is 16.9 Å². The van der Waals surface area contributed by atoms with Gasteiger partial charge in [-0.15, -0.1) is 0 Å². The summed E-state index contributed by atoms with van der Waals surface area (Å²) in [6.07, 6.45) is 4.89. The molecular formula is C13H12ClN5. The maximum absolute atomic E-state index is 8.77. The average molecular weight is 274 g/mol. The number of aromatic nitrogens is 3. The molecule has 0 aliphatic rings. The van der Waals surface area contributed by atoms with Crippen molar-refractivity contribution in [1.82, 2.24) is 20.3 Å². The van der Waals surface area contributed by atoms with Crippen molar-refractivity contribution in [2.24, 2.45) is 0 Å². The van der Waals surface area contributed by atoms with Crippen LogP contribution in [0.5, 0.6) is 0 Å². The minimum absolute atomic E-state index is 0.0115. The van der Waals surface area contributed by atoms with Gasteiger partial charge in [-0.05, 0) is 19.1 Å². The van der Waals surface area contributed by atoms with Crippen molar-refractivity contribution in [2.45, 2.75) is 19.5 Å². The summed E-state index contributed by atoms with van der Waals surface area (Å²) in [5.74, 6) is 0.724. The predicted octanol–water partition coefficient (Wildman–Crippen LogP) is 2.25. The second-order valence-electron chi connectivity index (χ2n) is 3.98. The molecule has 1 N–H and O–H groups in total. The Hall–Kier alpha value is -2.03. The van der Waals surface area contributed by atoms with Crippen LogP contribution in [0, 0.1) is 11.3 Å². The summed E-state index contributed by atoms with van der Waals surface area (Å²) < 4.78 is 0. The third-order valence-corrected chi connectivity index (χ3v) is 2.91. The minimum Gasteiger partial charge on any atom is -0.302 e. The molecule has 0 aliphatic carbocycles. The number of pyridine rings is 1. The van der Waals surface area contributed by atoms with Crippen LogP contribution in [0.4, 0.5) is 0 Å². The molecular weight excluding hydrogens is 262 g/mol. The first-order chi connectivity index (χ1) is 9.20. The fourth-order valence-corrected chi connectivity index (χ4v) is 1.75. The zero-order chi connectivity index (χ0) is 13.7. The zero-order valence-electron chi connectivity index (χ0n) is 10.3. The standard InChI is InChI=1S/C13H12ClN5/c1-9(13-16-3-2-4-17-13)18-8-11-5-12(14)10(6-15)7-19-11/h2-5,7,9,18H,8H2,1H3. The van der Waals surface area contributed by atoms with E-state index >= 15 is 0 Å². The Balaban J connectivity index is 2.00. The van der Waals surface area contributed by atoms with Gasteiger partial charge in [-0.3, -0.25) is 4.98 Å². The number of hydrogen-bond acceptors (Lipinski definition) is 5. The molecule has 19 heavy (non-hydrogen) atoms. The van der Waals surface area contributed by atoms with E-state index in [2.05, 4.69) is 20.3 Å². The molecule has 0 radical (unpaired) electrons. The van der Waals surface area contributed by atoms with Crippen molar-refractivity contribution in [3.8, 4) is 6.07 Å². The third-order valence-electron chi connectivity index (χ3n) is 2.59. The lowest BCUT2D eigenvalue weighted by Crippen LogP contribution is -2.20. The maximum Gasteiger partial charge on any atom is 0.144 e. The molecule has 2 heterocycles. The molecule has 0 saturated heterocycles. The largest absolute Gasteiger partial charge is 0.302 e. The predicted molar refractivity (Wildman–Crippen MR) is 71.2 cm³/mol. The minimum atomic E-state index is 0.0115. The first kappa shape index (κ1) is 13.4. The van der Waals surface area contributed by atoms with E-state index in [1.165, 1.54) is 6.20 Å². The van der Waals surface area contributed by atoms with E-state index in [1.54, 1.807) is 24.5 Å². The molecule has 0 amide bonds. The van der Waals surface area contributed by atoms with Crippen LogP contribution in [0.25, 0.3) is 0 Å². The highest BCUT2D eigenvalue weighted by molar-refractivity contribution is 6.31. The SMILES string of the molecule is CC(NCc1cc(Cl)c(C#N)cn1)c1ncccn1. The molecule has 6 heteroatoms. The Morgan fingerprint density at radius 3 is 2.74 bits per heavy atom. The van der Waals surface area contributed by atoms with Crippen molar-refractivity contribution in [3.05, 3.63) is 52.8 Å². The molecule has 0 bridgehead atoms. The first-order valence-electron chi connectivity index (χ1n) is 5.75. The van der Waals surface area contributed by atoms with E-state index in [9.17, 15) is 0 Å². The van der Waals surface area contributed by atoms with Crippen molar-refractivity contribution < 1.29 is 0 Å². The molecule has 0 saturated carbocycles. The van der Waals surface area contributed by atoms with Crippen LogP contribution in [-0.4, -0.2) is 15.0 Å². The van der Waals surface area contributed by atoms with Gasteiger partial charge in [-0.2, -0.15) is 5.26 Å². The molecule has 2 aromatic rings. The van der Waals surface area contributed by atoms with Crippen LogP contribution in [-0.2, 0) is 6.54 Å². The van der Waals surface area contributed by atoms with Crippen LogP contribution >= 0.6 is 11.6 Å². The van der Waals surface area contributed by atoms with Crippen molar-refractivity contribution in [3.63, 3.8) is 0 Å². The second kappa shape index (κ2) is 6.23. The van der Waals surface area contributed by atoms with E-state index in [0.717, 1.165) is 11.5 Å². The van der Waals surface area contributed by atoms with Gasteiger partial charge >= 0.3 is 0 Å². The molecule has 5 nitrogen and oxygen atoms in total. The molecule has 1 unspecified atom stereocenters. The van der Waals surface area contributed by atoms with Crippen molar-refractivity contribution in [1.29, 1.82) is 5.26 Å². The van der Waals surface area contributed by atoms with E-state index in [0.29, 0.717) is 17.1 Å². The van der Waals surface area contributed by atoms with Gasteiger partial charge in [0, 0.05) is 25.1 Å². The van der Waals surface area contributed by atoms with Gasteiger partial charge in [-0.25, -0.2) is 9.97 Å². The normalized spacial score (nSPS) is 11.8. The van der Waals surface area contributed by atoms with E-state index < -0.39 is 0 Å². The number of nitriles is 1. The lowest BCUT2D eigenvalue weighted by atomic mass is 10.2. The Kier molecular flexibility index (Phi) is 4.39. The topological polar surface area (TPSA) is 74.5 Å². The third kappa shape index (κ3) is 3.47. The molecule has 2 rings (SSSR count). The Morgan fingerprint density at radius 2 is 2.11 bits per heavy atom. The van der Waals surface area contributed by atoms with Gasteiger partial charge in [0.1, 0.15) is 11.9 Å². The molecule has 2 aromatic heterocycles. The highest BCUT2D eigenvalue weighted by Gasteiger charge is 2.08. The molecule has 1 atom stereocenters. The van der Waals surface area contributed by atoms with Gasteiger partial charge in [0.15, 0.2) is 0 Å². The van der Waals surface area contributed by atoms with Crippen molar-refractivity contribution in [2.75, 3.05) is 0 Å². The fourth-order valence-electron chi connectivity index (χ4n) is 1.53. The Morgan fingerprint density at radius 1 is 1.37 bits per heavy atom. The number of rotatable bonds is 4. The Bertz CT molecular complexity index is 594. The number of hydrogen-bond donors (Lipinski definition) is 1. The summed E-state index contributed by atoms with van der Waals surface area (Å²) in [4.78, 5) is 12.5. The molecule has 96 valence electrons. The smallest absolute Gasteiger partial charge is 0.144 e. The number of halogens is 1. The van der Waals surface area contributed by atoms with Crippen molar-refractivity contribution >= 4 is 11.6 Å². The zero-order valence-corrected chi connectivity index (χ0v) is 11.1. The van der Waals surface area contributed by atoms with Crippen LogP contribution in [0.3, 0.4) is 0 Å². The molecule has 0 aliphatic heterocycles. The quantitative estimate of drug-likeness (QED) is 0.925.